The molecule has 0 radical (unpaired) electrons. The Morgan fingerprint density at radius 3 is 2.83 bits per heavy atom. The van der Waals surface area contributed by atoms with Crippen LogP contribution in [0.4, 0.5) is 0 Å². The summed E-state index contributed by atoms with van der Waals surface area (Å²) in [6.07, 6.45) is 9.08. The Labute approximate surface area is 143 Å². The van der Waals surface area contributed by atoms with Crippen LogP contribution in [-0.4, -0.2) is 46.2 Å². The second-order valence-electron chi connectivity index (χ2n) is 7.00. The molecule has 0 bridgehead atoms. The van der Waals surface area contributed by atoms with Crippen molar-refractivity contribution in [1.29, 1.82) is 0 Å². The first kappa shape index (κ1) is 16.7. The third kappa shape index (κ3) is 3.66. The molecule has 3 heterocycles. The molecule has 0 N–H and O–H groups in total. The van der Waals surface area contributed by atoms with E-state index in [4.69, 9.17) is 0 Å². The van der Waals surface area contributed by atoms with Crippen molar-refractivity contribution in [3.8, 4) is 0 Å². The van der Waals surface area contributed by atoms with Gasteiger partial charge in [-0.2, -0.15) is 0 Å². The highest BCUT2D eigenvalue weighted by molar-refractivity contribution is 5.80. The molecule has 2 fully saturated rings. The van der Waals surface area contributed by atoms with Crippen LogP contribution in [0.5, 0.6) is 0 Å². The minimum absolute atomic E-state index is 0.0501. The van der Waals surface area contributed by atoms with Crippen LogP contribution in [0.25, 0.3) is 0 Å². The molecule has 1 spiro atoms. The lowest BCUT2D eigenvalue weighted by Crippen LogP contribution is -2.44. The van der Waals surface area contributed by atoms with Gasteiger partial charge in [0.05, 0.1) is 0 Å². The number of carbonyl (C=O) groups is 2. The van der Waals surface area contributed by atoms with E-state index in [2.05, 4.69) is 11.6 Å². The van der Waals surface area contributed by atoms with Crippen LogP contribution >= 0.6 is 0 Å². The molecular formula is C19H25N3O2. The van der Waals surface area contributed by atoms with Gasteiger partial charge >= 0.3 is 0 Å². The molecule has 2 amide bonds. The largest absolute Gasteiger partial charge is 0.343 e. The number of piperidine rings is 1. The van der Waals surface area contributed by atoms with Gasteiger partial charge in [0.2, 0.25) is 11.8 Å². The molecule has 24 heavy (non-hydrogen) atoms. The first-order chi connectivity index (χ1) is 11.6. The normalized spacial score (nSPS) is 19.8. The van der Waals surface area contributed by atoms with Crippen molar-refractivity contribution in [1.82, 2.24) is 14.8 Å². The first-order valence-electron chi connectivity index (χ1n) is 8.67. The zero-order valence-electron chi connectivity index (χ0n) is 14.1. The maximum Gasteiger partial charge on any atom is 0.223 e. The van der Waals surface area contributed by atoms with Crippen molar-refractivity contribution in [2.24, 2.45) is 5.41 Å². The van der Waals surface area contributed by atoms with E-state index in [-0.39, 0.29) is 17.2 Å². The number of nitrogens with zero attached hydrogens (tertiary/aromatic N) is 3. The smallest absolute Gasteiger partial charge is 0.223 e. The van der Waals surface area contributed by atoms with Crippen LogP contribution in [0.15, 0.2) is 37.2 Å². The minimum atomic E-state index is 0.0501. The summed E-state index contributed by atoms with van der Waals surface area (Å²) < 4.78 is 0. The van der Waals surface area contributed by atoms with E-state index < -0.39 is 0 Å². The van der Waals surface area contributed by atoms with Gasteiger partial charge in [-0.05, 0) is 30.9 Å². The van der Waals surface area contributed by atoms with Crippen molar-refractivity contribution >= 4 is 11.8 Å². The predicted molar refractivity (Wildman–Crippen MR) is 91.9 cm³/mol. The Kier molecular flexibility index (Phi) is 4.97. The lowest BCUT2D eigenvalue weighted by molar-refractivity contribution is -0.133. The maximum atomic E-state index is 12.4. The van der Waals surface area contributed by atoms with Gasteiger partial charge in [0, 0.05) is 56.8 Å². The van der Waals surface area contributed by atoms with Gasteiger partial charge in [-0.3, -0.25) is 14.6 Å². The van der Waals surface area contributed by atoms with E-state index in [1.807, 2.05) is 28.1 Å². The fraction of sp³-hybridized carbons (Fsp3) is 0.526. The summed E-state index contributed by atoms with van der Waals surface area (Å²) in [7, 11) is 0. The summed E-state index contributed by atoms with van der Waals surface area (Å²) in [6.45, 7) is 6.64. The van der Waals surface area contributed by atoms with Crippen LogP contribution in [-0.2, 0) is 16.1 Å². The summed E-state index contributed by atoms with van der Waals surface area (Å²) in [5.41, 5.74) is 1.12. The second kappa shape index (κ2) is 7.16. The summed E-state index contributed by atoms with van der Waals surface area (Å²) in [5.74, 6) is 0.437. The van der Waals surface area contributed by atoms with Gasteiger partial charge in [-0.1, -0.05) is 12.1 Å². The van der Waals surface area contributed by atoms with Crippen LogP contribution in [0.3, 0.4) is 0 Å². The highest BCUT2D eigenvalue weighted by Gasteiger charge is 2.45. The van der Waals surface area contributed by atoms with E-state index in [1.54, 1.807) is 12.3 Å². The molecule has 0 aromatic carbocycles. The zero-order valence-corrected chi connectivity index (χ0v) is 14.1. The Balaban J connectivity index is 1.56. The summed E-state index contributed by atoms with van der Waals surface area (Å²) >= 11 is 0. The summed E-state index contributed by atoms with van der Waals surface area (Å²) in [4.78, 5) is 32.6. The molecule has 128 valence electrons. The molecule has 0 unspecified atom stereocenters. The Morgan fingerprint density at radius 1 is 1.38 bits per heavy atom. The SMILES string of the molecule is C=CCCC(=O)N1CCC2(CC1)CC(=O)N(Cc1cccnc1)C2. The van der Waals surface area contributed by atoms with Crippen molar-refractivity contribution in [2.75, 3.05) is 19.6 Å². The third-order valence-corrected chi connectivity index (χ3v) is 5.24. The van der Waals surface area contributed by atoms with Crippen LogP contribution in [0.2, 0.25) is 0 Å². The van der Waals surface area contributed by atoms with Gasteiger partial charge < -0.3 is 9.80 Å². The number of amides is 2. The Bertz CT molecular complexity index is 606. The molecule has 2 aliphatic rings. The zero-order chi connectivity index (χ0) is 17.0. The van der Waals surface area contributed by atoms with Crippen molar-refractivity contribution in [3.05, 3.63) is 42.7 Å². The predicted octanol–water partition coefficient (Wildman–Crippen LogP) is 2.39. The quantitative estimate of drug-likeness (QED) is 0.780. The number of aromatic nitrogens is 1. The fourth-order valence-corrected chi connectivity index (χ4v) is 3.79. The Morgan fingerprint density at radius 2 is 2.17 bits per heavy atom. The molecule has 0 aliphatic carbocycles. The van der Waals surface area contributed by atoms with E-state index in [0.29, 0.717) is 19.4 Å². The molecule has 5 nitrogen and oxygen atoms in total. The fourth-order valence-electron chi connectivity index (χ4n) is 3.79. The average molecular weight is 327 g/mol. The van der Waals surface area contributed by atoms with Gasteiger partial charge in [0.1, 0.15) is 0 Å². The average Bonchev–Trinajstić information content (AvgIpc) is 2.89. The highest BCUT2D eigenvalue weighted by Crippen LogP contribution is 2.41. The summed E-state index contributed by atoms with van der Waals surface area (Å²) in [6, 6.07) is 3.91. The van der Waals surface area contributed by atoms with Crippen LogP contribution in [0, 0.1) is 5.41 Å². The highest BCUT2D eigenvalue weighted by atomic mass is 16.2. The topological polar surface area (TPSA) is 53.5 Å². The number of allylic oxidation sites excluding steroid dienone is 1. The molecule has 0 saturated carbocycles. The van der Waals surface area contributed by atoms with Crippen molar-refractivity contribution in [3.63, 3.8) is 0 Å². The molecular weight excluding hydrogens is 302 g/mol. The Hall–Kier alpha value is -2.17. The molecule has 3 rings (SSSR count). The second-order valence-corrected chi connectivity index (χ2v) is 7.00. The van der Waals surface area contributed by atoms with Gasteiger partial charge in [0.25, 0.3) is 0 Å². The molecule has 0 atom stereocenters. The number of hydrogen-bond donors (Lipinski definition) is 0. The van der Waals surface area contributed by atoms with Crippen LogP contribution < -0.4 is 0 Å². The molecule has 5 heteroatoms. The number of likely N-dealkylation sites (tertiary alicyclic amines) is 2. The van der Waals surface area contributed by atoms with Gasteiger partial charge in [-0.25, -0.2) is 0 Å². The lowest BCUT2D eigenvalue weighted by Gasteiger charge is -2.38. The maximum absolute atomic E-state index is 12.4. The van der Waals surface area contributed by atoms with E-state index in [0.717, 1.165) is 44.5 Å². The lowest BCUT2D eigenvalue weighted by atomic mass is 9.77. The standard InChI is InChI=1S/C19H25N3O2/c1-2-3-6-17(23)21-10-7-19(8-11-21)12-18(24)22(15-19)14-16-5-4-9-20-13-16/h2,4-5,9,13H,1,3,6-8,10-12,14-15H2. The van der Waals surface area contributed by atoms with Crippen LogP contribution in [0.1, 0.15) is 37.7 Å². The third-order valence-electron chi connectivity index (χ3n) is 5.24. The van der Waals surface area contributed by atoms with E-state index in [9.17, 15) is 9.59 Å². The van der Waals surface area contributed by atoms with E-state index >= 15 is 0 Å². The molecule has 2 saturated heterocycles. The number of pyridine rings is 1. The number of carbonyl (C=O) groups excluding carboxylic acids is 2. The number of hydrogen-bond acceptors (Lipinski definition) is 3. The van der Waals surface area contributed by atoms with Gasteiger partial charge in [0.15, 0.2) is 0 Å². The molecule has 1 aromatic rings. The van der Waals surface area contributed by atoms with Crippen molar-refractivity contribution in [2.45, 2.75) is 38.6 Å². The monoisotopic (exact) mass is 327 g/mol. The number of rotatable bonds is 5. The first-order valence-corrected chi connectivity index (χ1v) is 8.67. The van der Waals surface area contributed by atoms with E-state index in [1.165, 1.54) is 0 Å². The molecule has 2 aliphatic heterocycles. The van der Waals surface area contributed by atoms with Crippen molar-refractivity contribution < 1.29 is 9.59 Å². The minimum Gasteiger partial charge on any atom is -0.343 e. The summed E-state index contributed by atoms with van der Waals surface area (Å²) in [5, 5.41) is 0. The molecule has 1 aromatic heterocycles. The van der Waals surface area contributed by atoms with Gasteiger partial charge in [-0.15, -0.1) is 6.58 Å².